The van der Waals surface area contributed by atoms with Crippen LogP contribution in [0.4, 0.5) is 5.82 Å². The van der Waals surface area contributed by atoms with E-state index < -0.39 is 0 Å². The Morgan fingerprint density at radius 2 is 2.06 bits per heavy atom. The van der Waals surface area contributed by atoms with Crippen molar-refractivity contribution in [3.05, 3.63) is 27.5 Å². The molecule has 0 saturated carbocycles. The molecular weight excluding hydrogens is 302 g/mol. The first-order chi connectivity index (χ1) is 8.04. The van der Waals surface area contributed by atoms with Gasteiger partial charge in [-0.05, 0) is 43.1 Å². The summed E-state index contributed by atoms with van der Waals surface area (Å²) < 4.78 is 1.03. The predicted octanol–water partition coefficient (Wildman–Crippen LogP) is 3.81. The Kier molecular flexibility index (Phi) is 3.54. The Balaban J connectivity index is 2.81. The van der Waals surface area contributed by atoms with Crippen molar-refractivity contribution < 1.29 is 0 Å². The second kappa shape index (κ2) is 4.78. The maximum Gasteiger partial charge on any atom is 0.224 e. The van der Waals surface area contributed by atoms with Crippen molar-refractivity contribution in [2.24, 2.45) is 0 Å². The molecule has 0 saturated heterocycles. The number of aromatic nitrogens is 2. The zero-order chi connectivity index (χ0) is 12.6. The summed E-state index contributed by atoms with van der Waals surface area (Å²) in [7, 11) is 2.00. The largest absolute Gasteiger partial charge is 0.359 e. The smallest absolute Gasteiger partial charge is 0.224 e. The van der Waals surface area contributed by atoms with Gasteiger partial charge in [0.1, 0.15) is 5.82 Å². The number of halogens is 2. The lowest BCUT2D eigenvalue weighted by Gasteiger charge is -2.18. The van der Waals surface area contributed by atoms with Gasteiger partial charge in [0, 0.05) is 23.5 Å². The summed E-state index contributed by atoms with van der Waals surface area (Å²) in [6.07, 6.45) is 0. The molecule has 0 N–H and O–H groups in total. The van der Waals surface area contributed by atoms with Crippen molar-refractivity contribution in [3.63, 3.8) is 0 Å². The van der Waals surface area contributed by atoms with Crippen LogP contribution in [-0.4, -0.2) is 23.6 Å². The van der Waals surface area contributed by atoms with E-state index in [4.69, 9.17) is 11.6 Å². The van der Waals surface area contributed by atoms with E-state index in [1.54, 1.807) is 0 Å². The van der Waals surface area contributed by atoms with Gasteiger partial charge < -0.3 is 4.90 Å². The Bertz CT molecular complexity index is 571. The minimum atomic E-state index is 0.286. The van der Waals surface area contributed by atoms with Crippen LogP contribution in [0.1, 0.15) is 12.5 Å². The molecule has 1 aromatic heterocycles. The van der Waals surface area contributed by atoms with Gasteiger partial charge in [0.25, 0.3) is 0 Å². The molecule has 0 fully saturated rings. The first-order valence-corrected chi connectivity index (χ1v) is 6.55. The Hall–Kier alpha value is -0.870. The third kappa shape index (κ3) is 2.24. The SMILES string of the molecule is CCN(C)c1nc(Cl)nc2c(C)c(Br)ccc12. The van der Waals surface area contributed by atoms with Crippen molar-refractivity contribution in [2.45, 2.75) is 13.8 Å². The molecule has 0 aliphatic rings. The highest BCUT2D eigenvalue weighted by atomic mass is 79.9. The lowest BCUT2D eigenvalue weighted by atomic mass is 10.1. The van der Waals surface area contributed by atoms with Crippen LogP contribution in [0.5, 0.6) is 0 Å². The second-order valence-electron chi connectivity index (χ2n) is 3.90. The molecule has 1 heterocycles. The van der Waals surface area contributed by atoms with Gasteiger partial charge in [0.05, 0.1) is 5.52 Å². The van der Waals surface area contributed by atoms with E-state index in [1.165, 1.54) is 0 Å². The number of rotatable bonds is 2. The Labute approximate surface area is 114 Å². The fourth-order valence-electron chi connectivity index (χ4n) is 1.71. The third-order valence-corrected chi connectivity index (χ3v) is 3.87. The number of anilines is 1. The minimum absolute atomic E-state index is 0.286. The van der Waals surface area contributed by atoms with E-state index in [9.17, 15) is 0 Å². The summed E-state index contributed by atoms with van der Waals surface area (Å²) in [4.78, 5) is 10.7. The fourth-order valence-corrected chi connectivity index (χ4v) is 2.19. The number of fused-ring (bicyclic) bond motifs is 1. The summed E-state index contributed by atoms with van der Waals surface area (Å²) in [5.74, 6) is 0.873. The molecule has 90 valence electrons. The van der Waals surface area contributed by atoms with Gasteiger partial charge >= 0.3 is 0 Å². The predicted molar refractivity (Wildman–Crippen MR) is 75.9 cm³/mol. The molecule has 0 spiro atoms. The van der Waals surface area contributed by atoms with Crippen molar-refractivity contribution in [2.75, 3.05) is 18.5 Å². The summed E-state index contributed by atoms with van der Waals surface area (Å²) in [6.45, 7) is 4.97. The quantitative estimate of drug-likeness (QED) is 0.789. The highest BCUT2D eigenvalue weighted by molar-refractivity contribution is 9.10. The first kappa shape index (κ1) is 12.6. The van der Waals surface area contributed by atoms with E-state index in [1.807, 2.05) is 26.1 Å². The van der Waals surface area contributed by atoms with Crippen LogP contribution in [0.15, 0.2) is 16.6 Å². The molecular formula is C12H13BrClN3. The summed E-state index contributed by atoms with van der Waals surface area (Å²) in [6, 6.07) is 4.03. The van der Waals surface area contributed by atoms with E-state index in [0.717, 1.165) is 33.3 Å². The highest BCUT2D eigenvalue weighted by Crippen LogP contribution is 2.30. The van der Waals surface area contributed by atoms with E-state index in [2.05, 4.69) is 37.7 Å². The number of nitrogens with zero attached hydrogens (tertiary/aromatic N) is 3. The Morgan fingerprint density at radius 3 is 2.71 bits per heavy atom. The normalized spacial score (nSPS) is 10.9. The molecule has 3 nitrogen and oxygen atoms in total. The standard InChI is InChI=1S/C12H13BrClN3/c1-4-17(3)11-8-5-6-9(13)7(2)10(8)15-12(14)16-11/h5-6H,4H2,1-3H3. The summed E-state index contributed by atoms with van der Waals surface area (Å²) in [5.41, 5.74) is 1.98. The monoisotopic (exact) mass is 313 g/mol. The lowest BCUT2D eigenvalue weighted by Crippen LogP contribution is -2.18. The molecule has 5 heteroatoms. The molecule has 2 rings (SSSR count). The van der Waals surface area contributed by atoms with E-state index in [-0.39, 0.29) is 5.28 Å². The zero-order valence-corrected chi connectivity index (χ0v) is 12.3. The molecule has 0 bridgehead atoms. The zero-order valence-electron chi connectivity index (χ0n) is 9.96. The summed E-state index contributed by atoms with van der Waals surface area (Å²) >= 11 is 9.49. The Morgan fingerprint density at radius 1 is 1.35 bits per heavy atom. The number of hydrogen-bond donors (Lipinski definition) is 0. The van der Waals surface area contributed by atoms with Gasteiger partial charge in [-0.25, -0.2) is 4.98 Å². The van der Waals surface area contributed by atoms with Gasteiger partial charge in [-0.2, -0.15) is 4.98 Å². The molecule has 0 radical (unpaired) electrons. The van der Waals surface area contributed by atoms with Crippen LogP contribution >= 0.6 is 27.5 Å². The van der Waals surface area contributed by atoms with E-state index >= 15 is 0 Å². The van der Waals surface area contributed by atoms with Gasteiger partial charge in [0.2, 0.25) is 5.28 Å². The van der Waals surface area contributed by atoms with Crippen molar-refractivity contribution in [3.8, 4) is 0 Å². The minimum Gasteiger partial charge on any atom is -0.359 e. The first-order valence-electron chi connectivity index (χ1n) is 5.38. The van der Waals surface area contributed by atoms with Crippen LogP contribution in [-0.2, 0) is 0 Å². The van der Waals surface area contributed by atoms with Gasteiger partial charge in [0.15, 0.2) is 0 Å². The van der Waals surface area contributed by atoms with Crippen LogP contribution in [0, 0.1) is 6.92 Å². The average Bonchev–Trinajstić information content (AvgIpc) is 2.32. The van der Waals surface area contributed by atoms with Crippen molar-refractivity contribution in [1.82, 2.24) is 9.97 Å². The molecule has 0 amide bonds. The van der Waals surface area contributed by atoms with Crippen molar-refractivity contribution >= 4 is 44.3 Å². The van der Waals surface area contributed by atoms with Gasteiger partial charge in [-0.15, -0.1) is 0 Å². The van der Waals surface area contributed by atoms with Crippen LogP contribution in [0.2, 0.25) is 5.28 Å². The average molecular weight is 315 g/mol. The lowest BCUT2D eigenvalue weighted by molar-refractivity contribution is 0.940. The number of aryl methyl sites for hydroxylation is 1. The van der Waals surface area contributed by atoms with Gasteiger partial charge in [-0.1, -0.05) is 15.9 Å². The molecule has 1 aromatic carbocycles. The molecule has 0 atom stereocenters. The fraction of sp³-hybridized carbons (Fsp3) is 0.333. The topological polar surface area (TPSA) is 29.0 Å². The van der Waals surface area contributed by atoms with Crippen LogP contribution < -0.4 is 4.90 Å². The summed E-state index contributed by atoms with van der Waals surface area (Å²) in [5, 5.41) is 1.31. The number of benzene rings is 1. The van der Waals surface area contributed by atoms with Crippen LogP contribution in [0.25, 0.3) is 10.9 Å². The molecule has 0 unspecified atom stereocenters. The molecule has 0 aliphatic carbocycles. The number of hydrogen-bond acceptors (Lipinski definition) is 3. The van der Waals surface area contributed by atoms with Gasteiger partial charge in [-0.3, -0.25) is 0 Å². The molecule has 0 aliphatic heterocycles. The van der Waals surface area contributed by atoms with Crippen LogP contribution in [0.3, 0.4) is 0 Å². The van der Waals surface area contributed by atoms with Crippen molar-refractivity contribution in [1.29, 1.82) is 0 Å². The molecule has 17 heavy (non-hydrogen) atoms. The maximum atomic E-state index is 5.98. The van der Waals surface area contributed by atoms with E-state index in [0.29, 0.717) is 0 Å². The highest BCUT2D eigenvalue weighted by Gasteiger charge is 2.12. The third-order valence-electron chi connectivity index (χ3n) is 2.84. The molecule has 2 aromatic rings. The maximum absolute atomic E-state index is 5.98. The second-order valence-corrected chi connectivity index (χ2v) is 5.09.